The Bertz CT molecular complexity index is 4210. The van der Waals surface area contributed by atoms with Gasteiger partial charge < -0.3 is 23.9 Å². The van der Waals surface area contributed by atoms with Crippen LogP contribution in [0.25, 0.3) is 44.2 Å². The van der Waals surface area contributed by atoms with Gasteiger partial charge in [0.05, 0.1) is 22.4 Å². The minimum atomic E-state index is -0.196. The van der Waals surface area contributed by atoms with E-state index in [0.717, 1.165) is 95.4 Å². The molecule has 10 aromatic carbocycles. The number of furan rings is 1. The molecule has 5 heterocycles. The number of benzene rings is 10. The van der Waals surface area contributed by atoms with E-state index in [0.29, 0.717) is 0 Å². The largest absolute Gasteiger partial charge is 0.484 e. The molecule has 0 saturated heterocycles. The maximum Gasteiger partial charge on any atom is 0.255 e. The maximum atomic E-state index is 7.47. The molecule has 0 saturated carbocycles. The van der Waals surface area contributed by atoms with E-state index in [1.54, 1.807) is 0 Å². The second-order valence-corrected chi connectivity index (χ2v) is 21.3. The molecule has 0 N–H and O–H groups in total. The quantitative estimate of drug-likeness (QED) is 0.148. The molecule has 75 heavy (non-hydrogen) atoms. The Morgan fingerprint density at radius 1 is 0.493 bits per heavy atom. The third-order valence-electron chi connectivity index (χ3n) is 16.2. The number of aryl methyl sites for hydroxylation is 2. The van der Waals surface area contributed by atoms with Crippen molar-refractivity contribution in [3.8, 4) is 28.0 Å². The van der Waals surface area contributed by atoms with E-state index >= 15 is 0 Å². The van der Waals surface area contributed by atoms with Crippen molar-refractivity contribution < 1.29 is 9.15 Å². The summed E-state index contributed by atoms with van der Waals surface area (Å²) in [5, 5.41) is 2.21. The molecule has 5 aliphatic rings. The summed E-state index contributed by atoms with van der Waals surface area (Å²) in [7, 11) is 0. The first-order valence-corrected chi connectivity index (χ1v) is 26.8. The zero-order valence-corrected chi connectivity index (χ0v) is 42.1. The zero-order valence-electron chi connectivity index (χ0n) is 41.2. The van der Waals surface area contributed by atoms with E-state index < -0.39 is 0 Å². The predicted octanol–water partition coefficient (Wildman–Crippen LogP) is 16.5. The summed E-state index contributed by atoms with van der Waals surface area (Å²) >= 11 is 1.90. The van der Waals surface area contributed by atoms with Gasteiger partial charge in [0.1, 0.15) is 23.0 Å². The van der Waals surface area contributed by atoms with E-state index in [1.807, 2.05) is 11.8 Å². The molecule has 0 spiro atoms. The van der Waals surface area contributed by atoms with Gasteiger partial charge in [0.2, 0.25) is 0 Å². The molecule has 0 bridgehead atoms. The van der Waals surface area contributed by atoms with Gasteiger partial charge in [-0.05, 0) is 113 Å². The molecule has 7 heteroatoms. The third-order valence-corrected chi connectivity index (χ3v) is 17.4. The fraction of sp³-hybridized carbons (Fsp3) is 0.0588. The van der Waals surface area contributed by atoms with Crippen molar-refractivity contribution in [1.82, 2.24) is 0 Å². The fourth-order valence-electron chi connectivity index (χ4n) is 13.1. The Hall–Kier alpha value is -8.91. The molecule has 354 valence electrons. The van der Waals surface area contributed by atoms with Crippen LogP contribution >= 0.6 is 11.8 Å². The summed E-state index contributed by atoms with van der Waals surface area (Å²) in [4.78, 5) is 10.1. The highest BCUT2D eigenvalue weighted by Gasteiger charge is 2.54. The Kier molecular flexibility index (Phi) is 9.25. The van der Waals surface area contributed by atoms with Gasteiger partial charge in [-0.15, -0.1) is 0 Å². The molecule has 11 aromatic rings. The third kappa shape index (κ3) is 6.04. The summed E-state index contributed by atoms with van der Waals surface area (Å²) in [5.41, 5.74) is 23.9. The highest BCUT2D eigenvalue weighted by Crippen LogP contribution is 2.62. The van der Waals surface area contributed by atoms with Crippen LogP contribution in [-0.2, 0) is 0 Å². The SMILES string of the molecule is Cc1ccccc1N1c2cc(N(c3ccccc3)c3ccccc3)cc3c2B2c4c(c(-c5ccccc5)c5c(c41)C1C=CC=CC1O5)Sc1c2c(c2c(oc4ccccc42)c1-c1ccccc1)N3c1ccccc1C. The van der Waals surface area contributed by atoms with Crippen LogP contribution in [0.1, 0.15) is 22.6 Å². The first-order chi connectivity index (χ1) is 37.1. The summed E-state index contributed by atoms with van der Waals surface area (Å²) < 4.78 is 14.8. The minimum absolute atomic E-state index is 0.0216. The number of hydrogen-bond donors (Lipinski definition) is 0. The summed E-state index contributed by atoms with van der Waals surface area (Å²) in [6.07, 6.45) is 8.83. The summed E-state index contributed by atoms with van der Waals surface area (Å²) in [5.74, 6) is 0.932. The van der Waals surface area contributed by atoms with Gasteiger partial charge in [-0.25, -0.2) is 0 Å². The minimum Gasteiger partial charge on any atom is -0.484 e. The van der Waals surface area contributed by atoms with Crippen molar-refractivity contribution in [3.63, 3.8) is 0 Å². The number of ether oxygens (including phenoxy) is 1. The van der Waals surface area contributed by atoms with Crippen LogP contribution in [0, 0.1) is 13.8 Å². The molecule has 0 amide bonds. The van der Waals surface area contributed by atoms with Gasteiger partial charge in [-0.1, -0.05) is 182 Å². The summed E-state index contributed by atoms with van der Waals surface area (Å²) in [6.45, 7) is 4.33. The van der Waals surface area contributed by atoms with Crippen molar-refractivity contribution in [2.24, 2.45) is 0 Å². The molecular formula is C68H46BN3O2S. The highest BCUT2D eigenvalue weighted by molar-refractivity contribution is 8.00. The number of hydrogen-bond acceptors (Lipinski definition) is 6. The summed E-state index contributed by atoms with van der Waals surface area (Å²) in [6, 6.07) is 75.1. The molecule has 5 nitrogen and oxygen atoms in total. The van der Waals surface area contributed by atoms with Crippen molar-refractivity contribution in [2.45, 2.75) is 35.7 Å². The normalized spacial score (nSPS) is 16.0. The molecule has 1 aromatic heterocycles. The predicted molar refractivity (Wildman–Crippen MR) is 312 cm³/mol. The fourth-order valence-corrected chi connectivity index (χ4v) is 14.5. The van der Waals surface area contributed by atoms with Crippen molar-refractivity contribution >= 4 is 108 Å². The Morgan fingerprint density at radius 2 is 1.01 bits per heavy atom. The Morgan fingerprint density at radius 3 is 1.65 bits per heavy atom. The van der Waals surface area contributed by atoms with E-state index in [1.165, 1.54) is 48.6 Å². The van der Waals surface area contributed by atoms with Gasteiger partial charge in [0, 0.05) is 71.9 Å². The van der Waals surface area contributed by atoms with Crippen LogP contribution in [0.5, 0.6) is 5.75 Å². The standard InChI is InChI=1S/C68H46BN3O2S/c1-41-23-15-19-35-50(41)71-52-39-47(70(45-29-11-5-12-30-45)46-31-13-6-14-32-46)40-53-60(52)69-61-63(71)58-48-33-17-21-37-54(48)73-65(58)56(43-25-7-3-8-26-43)67(61)75-68-57(44-27-9-4-10-28-44)66-59(49-34-18-22-38-55(49)74-66)64(62(68)69)72(53)51-36-20-16-24-42(51)2/h3-40,48,54H,1-2H3. The van der Waals surface area contributed by atoms with Crippen LogP contribution < -0.4 is 35.8 Å². The Labute approximate surface area is 440 Å². The van der Waals surface area contributed by atoms with Gasteiger partial charge >= 0.3 is 0 Å². The van der Waals surface area contributed by atoms with Crippen LogP contribution in [0.15, 0.2) is 245 Å². The first kappa shape index (κ1) is 42.6. The average Bonchev–Trinajstić information content (AvgIpc) is 4.09. The molecular weight excluding hydrogens is 934 g/mol. The van der Waals surface area contributed by atoms with Crippen LogP contribution in [-0.4, -0.2) is 12.8 Å². The van der Waals surface area contributed by atoms with E-state index in [4.69, 9.17) is 9.15 Å². The molecule has 0 radical (unpaired) electrons. The molecule has 1 aliphatic carbocycles. The molecule has 2 unspecified atom stereocenters. The van der Waals surface area contributed by atoms with Crippen molar-refractivity contribution in [3.05, 3.63) is 247 Å². The number of fused-ring (bicyclic) bond motifs is 8. The molecule has 16 rings (SSSR count). The molecule has 0 fully saturated rings. The van der Waals surface area contributed by atoms with Gasteiger partial charge in [0.25, 0.3) is 6.71 Å². The zero-order chi connectivity index (χ0) is 49.5. The number of nitrogens with zero attached hydrogens (tertiary/aromatic N) is 3. The number of para-hydroxylation sites is 5. The van der Waals surface area contributed by atoms with Crippen molar-refractivity contribution in [1.29, 1.82) is 0 Å². The van der Waals surface area contributed by atoms with Crippen LogP contribution in [0.4, 0.5) is 51.2 Å². The molecule has 2 atom stereocenters. The van der Waals surface area contributed by atoms with E-state index in [9.17, 15) is 0 Å². The number of allylic oxidation sites excluding steroid dienone is 2. The monoisotopic (exact) mass is 979 g/mol. The number of rotatable bonds is 7. The molecule has 4 aliphatic heterocycles. The second kappa shape index (κ2) is 16.3. The Balaban J connectivity index is 1.16. The van der Waals surface area contributed by atoms with Crippen LogP contribution in [0.2, 0.25) is 0 Å². The lowest BCUT2D eigenvalue weighted by molar-refractivity contribution is 0.269. The lowest BCUT2D eigenvalue weighted by Gasteiger charge is -2.49. The topological polar surface area (TPSA) is 32.1 Å². The maximum absolute atomic E-state index is 7.47. The van der Waals surface area contributed by atoms with E-state index in [2.05, 4.69) is 259 Å². The number of anilines is 9. The van der Waals surface area contributed by atoms with Crippen LogP contribution in [0.3, 0.4) is 0 Å². The smallest absolute Gasteiger partial charge is 0.255 e. The van der Waals surface area contributed by atoms with Gasteiger partial charge in [-0.3, -0.25) is 0 Å². The van der Waals surface area contributed by atoms with Gasteiger partial charge in [-0.2, -0.15) is 0 Å². The van der Waals surface area contributed by atoms with Gasteiger partial charge in [0.15, 0.2) is 0 Å². The lowest BCUT2D eigenvalue weighted by atomic mass is 9.32. The van der Waals surface area contributed by atoms with Crippen molar-refractivity contribution in [2.75, 3.05) is 14.7 Å². The highest BCUT2D eigenvalue weighted by atomic mass is 32.2. The second-order valence-electron chi connectivity index (χ2n) is 20.3. The first-order valence-electron chi connectivity index (χ1n) is 26.0. The average molecular weight is 980 g/mol. The van der Waals surface area contributed by atoms with E-state index in [-0.39, 0.29) is 18.7 Å². The lowest BCUT2D eigenvalue weighted by Crippen LogP contribution is -2.64.